The first kappa shape index (κ1) is 12.2. The van der Waals surface area contributed by atoms with E-state index in [1.54, 1.807) is 24.3 Å². The summed E-state index contributed by atoms with van der Waals surface area (Å²) < 4.78 is 29.7. The molecular weight excluding hydrogens is 248 g/mol. The maximum Gasteiger partial charge on any atom is 0.297 e. The molecule has 2 saturated carbocycles. The first-order valence-electron chi connectivity index (χ1n) is 6.54. The van der Waals surface area contributed by atoms with Crippen molar-refractivity contribution in [3.63, 3.8) is 0 Å². The van der Waals surface area contributed by atoms with Gasteiger partial charge in [0, 0.05) is 0 Å². The van der Waals surface area contributed by atoms with E-state index in [9.17, 15) is 8.42 Å². The predicted octanol–water partition coefficient (Wildman–Crippen LogP) is 2.89. The number of aryl methyl sites for hydroxylation is 1. The fourth-order valence-corrected chi connectivity index (χ4v) is 4.37. The molecular formula is C14H18O3S. The third-order valence-electron chi connectivity index (χ3n) is 4.23. The van der Waals surface area contributed by atoms with Crippen molar-refractivity contribution in [3.05, 3.63) is 29.8 Å². The van der Waals surface area contributed by atoms with Gasteiger partial charge in [-0.3, -0.25) is 4.18 Å². The minimum absolute atomic E-state index is 0.0879. The summed E-state index contributed by atoms with van der Waals surface area (Å²) in [6, 6.07) is 6.85. The fraction of sp³-hybridized carbons (Fsp3) is 0.571. The average molecular weight is 266 g/mol. The van der Waals surface area contributed by atoms with Gasteiger partial charge < -0.3 is 0 Å². The zero-order valence-corrected chi connectivity index (χ0v) is 11.3. The van der Waals surface area contributed by atoms with E-state index in [0.29, 0.717) is 11.8 Å². The maximum absolute atomic E-state index is 12.2. The quantitative estimate of drug-likeness (QED) is 0.790. The minimum atomic E-state index is -3.58. The van der Waals surface area contributed by atoms with E-state index in [0.717, 1.165) is 24.8 Å². The van der Waals surface area contributed by atoms with Crippen molar-refractivity contribution in [2.75, 3.05) is 0 Å². The highest BCUT2D eigenvalue weighted by Gasteiger charge is 2.42. The van der Waals surface area contributed by atoms with Crippen LogP contribution >= 0.6 is 0 Å². The van der Waals surface area contributed by atoms with Crippen LogP contribution in [-0.2, 0) is 14.3 Å². The molecule has 0 aromatic heterocycles. The third-order valence-corrected chi connectivity index (χ3v) is 5.58. The molecule has 0 radical (unpaired) electrons. The Bertz CT molecular complexity index is 533. The average Bonchev–Trinajstić information content (AvgIpc) is 2.91. The summed E-state index contributed by atoms with van der Waals surface area (Å²) in [7, 11) is -3.58. The molecule has 0 spiro atoms. The van der Waals surface area contributed by atoms with E-state index in [1.807, 2.05) is 6.92 Å². The SMILES string of the molecule is Cc1ccc(S(=O)(=O)O[C@@H]2C[C@H]3CC[C@@H]2C3)cc1. The highest BCUT2D eigenvalue weighted by molar-refractivity contribution is 7.86. The topological polar surface area (TPSA) is 43.4 Å². The largest absolute Gasteiger partial charge is 0.297 e. The zero-order valence-electron chi connectivity index (χ0n) is 10.5. The first-order valence-corrected chi connectivity index (χ1v) is 7.95. The molecule has 3 nitrogen and oxygen atoms in total. The lowest BCUT2D eigenvalue weighted by molar-refractivity contribution is 0.145. The van der Waals surface area contributed by atoms with E-state index < -0.39 is 10.1 Å². The van der Waals surface area contributed by atoms with Gasteiger partial charge in [0.15, 0.2) is 0 Å². The third kappa shape index (κ3) is 2.19. The normalized spacial score (nSPS) is 30.8. The molecule has 0 N–H and O–H groups in total. The van der Waals surface area contributed by atoms with E-state index >= 15 is 0 Å². The minimum Gasteiger partial charge on any atom is -0.263 e. The standard InChI is InChI=1S/C14H18O3S/c1-10-2-6-13(7-3-10)18(15,16)17-14-9-11-4-5-12(14)8-11/h2-3,6-7,11-12,14H,4-5,8-9H2,1H3/t11-,12+,14+/m0/s1. The van der Waals surface area contributed by atoms with Crippen LogP contribution < -0.4 is 0 Å². The fourth-order valence-electron chi connectivity index (χ4n) is 3.23. The van der Waals surface area contributed by atoms with Crippen LogP contribution in [0, 0.1) is 18.8 Å². The Labute approximate surface area is 108 Å². The summed E-state index contributed by atoms with van der Waals surface area (Å²) in [6.07, 6.45) is 4.34. The Morgan fingerprint density at radius 3 is 2.39 bits per heavy atom. The molecule has 98 valence electrons. The lowest BCUT2D eigenvalue weighted by Crippen LogP contribution is -2.24. The molecule has 0 heterocycles. The monoisotopic (exact) mass is 266 g/mol. The van der Waals surface area contributed by atoms with Crippen LogP contribution in [0.2, 0.25) is 0 Å². The van der Waals surface area contributed by atoms with Crippen molar-refractivity contribution in [2.45, 2.75) is 43.6 Å². The Hall–Kier alpha value is -0.870. The van der Waals surface area contributed by atoms with Crippen LogP contribution in [0.5, 0.6) is 0 Å². The highest BCUT2D eigenvalue weighted by Crippen LogP contribution is 2.46. The molecule has 2 bridgehead atoms. The smallest absolute Gasteiger partial charge is 0.263 e. The molecule has 1 aromatic carbocycles. The Morgan fingerprint density at radius 2 is 1.83 bits per heavy atom. The lowest BCUT2D eigenvalue weighted by atomic mass is 9.98. The van der Waals surface area contributed by atoms with Crippen molar-refractivity contribution in [2.24, 2.45) is 11.8 Å². The Morgan fingerprint density at radius 1 is 1.11 bits per heavy atom. The van der Waals surface area contributed by atoms with Gasteiger partial charge in [0.25, 0.3) is 10.1 Å². The summed E-state index contributed by atoms with van der Waals surface area (Å²) in [4.78, 5) is 0.274. The molecule has 0 unspecified atom stereocenters. The molecule has 0 aliphatic heterocycles. The van der Waals surface area contributed by atoms with Crippen LogP contribution in [0.1, 0.15) is 31.2 Å². The number of benzene rings is 1. The Kier molecular flexibility index (Phi) is 2.94. The van der Waals surface area contributed by atoms with Gasteiger partial charge in [-0.25, -0.2) is 0 Å². The van der Waals surface area contributed by atoms with Crippen molar-refractivity contribution in [1.29, 1.82) is 0 Å². The number of rotatable bonds is 3. The van der Waals surface area contributed by atoms with Gasteiger partial charge in [-0.05, 0) is 56.6 Å². The lowest BCUT2D eigenvalue weighted by Gasteiger charge is -2.21. The van der Waals surface area contributed by atoms with Crippen LogP contribution in [0.4, 0.5) is 0 Å². The summed E-state index contributed by atoms with van der Waals surface area (Å²) >= 11 is 0. The van der Waals surface area contributed by atoms with Gasteiger partial charge in [-0.15, -0.1) is 0 Å². The van der Waals surface area contributed by atoms with E-state index in [2.05, 4.69) is 0 Å². The van der Waals surface area contributed by atoms with Crippen LogP contribution in [0.3, 0.4) is 0 Å². The van der Waals surface area contributed by atoms with Gasteiger partial charge >= 0.3 is 0 Å². The predicted molar refractivity (Wildman–Crippen MR) is 68.7 cm³/mol. The van der Waals surface area contributed by atoms with Crippen molar-refractivity contribution < 1.29 is 12.6 Å². The first-order chi connectivity index (χ1) is 8.54. The zero-order chi connectivity index (χ0) is 12.8. The molecule has 3 atom stereocenters. The molecule has 1 aromatic rings. The van der Waals surface area contributed by atoms with Crippen molar-refractivity contribution in [1.82, 2.24) is 0 Å². The van der Waals surface area contributed by atoms with Crippen LogP contribution in [0.15, 0.2) is 29.2 Å². The number of hydrogen-bond donors (Lipinski definition) is 0. The van der Waals surface area contributed by atoms with E-state index in [1.165, 1.54) is 6.42 Å². The van der Waals surface area contributed by atoms with E-state index in [-0.39, 0.29) is 11.0 Å². The van der Waals surface area contributed by atoms with Crippen LogP contribution in [-0.4, -0.2) is 14.5 Å². The maximum atomic E-state index is 12.2. The molecule has 0 saturated heterocycles. The second kappa shape index (κ2) is 4.35. The van der Waals surface area contributed by atoms with Crippen molar-refractivity contribution >= 4 is 10.1 Å². The van der Waals surface area contributed by atoms with Crippen LogP contribution in [0.25, 0.3) is 0 Å². The molecule has 18 heavy (non-hydrogen) atoms. The molecule has 0 amide bonds. The molecule has 2 aliphatic rings. The molecule has 2 aliphatic carbocycles. The second-order valence-corrected chi connectivity index (χ2v) is 7.15. The van der Waals surface area contributed by atoms with Gasteiger partial charge in [0.1, 0.15) is 0 Å². The molecule has 4 heteroatoms. The molecule has 2 fully saturated rings. The van der Waals surface area contributed by atoms with Gasteiger partial charge in [-0.1, -0.05) is 17.7 Å². The second-order valence-electron chi connectivity index (χ2n) is 5.58. The number of hydrogen-bond acceptors (Lipinski definition) is 3. The summed E-state index contributed by atoms with van der Waals surface area (Å²) in [6.45, 7) is 1.94. The van der Waals surface area contributed by atoms with Gasteiger partial charge in [-0.2, -0.15) is 8.42 Å². The summed E-state index contributed by atoms with van der Waals surface area (Å²) in [5.74, 6) is 1.14. The Balaban J connectivity index is 1.77. The van der Waals surface area contributed by atoms with Gasteiger partial charge in [0.05, 0.1) is 11.0 Å². The van der Waals surface area contributed by atoms with E-state index in [4.69, 9.17) is 4.18 Å². The number of fused-ring (bicyclic) bond motifs is 2. The summed E-state index contributed by atoms with van der Waals surface area (Å²) in [5.41, 5.74) is 1.05. The summed E-state index contributed by atoms with van der Waals surface area (Å²) in [5, 5.41) is 0. The highest BCUT2D eigenvalue weighted by atomic mass is 32.2. The molecule has 3 rings (SSSR count). The van der Waals surface area contributed by atoms with Gasteiger partial charge in [0.2, 0.25) is 0 Å². The van der Waals surface area contributed by atoms with Crippen molar-refractivity contribution in [3.8, 4) is 0 Å².